The van der Waals surface area contributed by atoms with E-state index in [1.165, 1.54) is 22.2 Å². The van der Waals surface area contributed by atoms with Crippen LogP contribution >= 0.6 is 11.3 Å². The zero-order chi connectivity index (χ0) is 22.1. The van der Waals surface area contributed by atoms with Crippen molar-refractivity contribution in [2.45, 2.75) is 19.6 Å². The van der Waals surface area contributed by atoms with Crippen molar-refractivity contribution >= 4 is 27.5 Å². The van der Waals surface area contributed by atoms with Crippen LogP contribution < -0.4 is 20.3 Å². The third-order valence-electron chi connectivity index (χ3n) is 5.33. The average Bonchev–Trinajstić information content (AvgIpc) is 3.25. The zero-order valence-corrected chi connectivity index (χ0v) is 18.2. The third-order valence-corrected chi connectivity index (χ3v) is 6.22. The topological polar surface area (TPSA) is 82.5 Å². The van der Waals surface area contributed by atoms with E-state index >= 15 is 0 Å². The molecule has 4 aromatic rings. The second-order valence-electron chi connectivity index (χ2n) is 7.67. The minimum Gasteiger partial charge on any atom is -0.486 e. The van der Waals surface area contributed by atoms with E-state index in [1.807, 2.05) is 60.8 Å². The van der Waals surface area contributed by atoms with Crippen molar-refractivity contribution in [1.29, 1.82) is 0 Å². The number of aryl methyl sites for hydroxylation is 1. The van der Waals surface area contributed by atoms with Crippen LogP contribution in [-0.2, 0) is 11.3 Å². The molecule has 3 heterocycles. The first-order chi connectivity index (χ1) is 15.6. The Morgan fingerprint density at radius 2 is 1.97 bits per heavy atom. The minimum absolute atomic E-state index is 0.116. The number of rotatable bonds is 5. The van der Waals surface area contributed by atoms with Gasteiger partial charge in [0, 0.05) is 10.9 Å². The van der Waals surface area contributed by atoms with Gasteiger partial charge in [0.2, 0.25) is 5.91 Å². The van der Waals surface area contributed by atoms with E-state index in [2.05, 4.69) is 10.3 Å². The molecule has 1 aliphatic heterocycles. The third kappa shape index (κ3) is 3.97. The molecule has 0 aliphatic carbocycles. The maximum Gasteiger partial charge on any atom is 0.263 e. The fraction of sp³-hybridized carbons (Fsp3) is 0.208. The molecular formula is C24H21N3O4S. The van der Waals surface area contributed by atoms with E-state index in [4.69, 9.17) is 9.47 Å². The number of fused-ring (bicyclic) bond motifs is 2. The van der Waals surface area contributed by atoms with Crippen LogP contribution in [0.1, 0.15) is 5.56 Å². The van der Waals surface area contributed by atoms with Crippen LogP contribution in [0.4, 0.5) is 0 Å². The van der Waals surface area contributed by atoms with Crippen LogP contribution in [0.2, 0.25) is 0 Å². The van der Waals surface area contributed by atoms with Crippen molar-refractivity contribution in [1.82, 2.24) is 14.9 Å². The van der Waals surface area contributed by atoms with Crippen molar-refractivity contribution in [2.24, 2.45) is 0 Å². The summed E-state index contributed by atoms with van der Waals surface area (Å²) >= 11 is 1.42. The summed E-state index contributed by atoms with van der Waals surface area (Å²) in [6, 6.07) is 15.4. The van der Waals surface area contributed by atoms with E-state index < -0.39 is 0 Å². The molecule has 0 spiro atoms. The van der Waals surface area contributed by atoms with Gasteiger partial charge in [-0.15, -0.1) is 11.3 Å². The molecule has 0 radical (unpaired) electrons. The second-order valence-corrected chi connectivity index (χ2v) is 8.53. The van der Waals surface area contributed by atoms with Gasteiger partial charge in [-0.2, -0.15) is 0 Å². The number of nitrogens with one attached hydrogen (secondary N) is 1. The fourth-order valence-electron chi connectivity index (χ4n) is 3.63. The molecule has 162 valence electrons. The largest absolute Gasteiger partial charge is 0.486 e. The van der Waals surface area contributed by atoms with Crippen molar-refractivity contribution in [3.05, 3.63) is 76.2 Å². The van der Waals surface area contributed by atoms with E-state index in [0.29, 0.717) is 28.3 Å². The number of hydrogen-bond donors (Lipinski definition) is 1. The van der Waals surface area contributed by atoms with Crippen LogP contribution in [-0.4, -0.2) is 34.7 Å². The molecule has 5 rings (SSSR count). The van der Waals surface area contributed by atoms with Crippen LogP contribution in [0, 0.1) is 6.92 Å². The van der Waals surface area contributed by atoms with Crippen molar-refractivity contribution < 1.29 is 14.3 Å². The molecule has 0 bridgehead atoms. The maximum atomic E-state index is 13.1. The first-order valence-electron chi connectivity index (χ1n) is 10.3. The predicted molar refractivity (Wildman–Crippen MR) is 123 cm³/mol. The lowest BCUT2D eigenvalue weighted by Crippen LogP contribution is -2.42. The standard InChI is InChI=1S/C24H21N3O4S/c1-15-6-8-16(9-7-15)18-13-32-23-22(18)24(29)27(14-26-23)11-21(28)25-10-17-12-30-19-4-2-3-5-20(19)31-17/h2-9,13-14,17H,10-12H2,1H3,(H,25,28). The van der Waals surface area contributed by atoms with Gasteiger partial charge in [-0.05, 0) is 24.6 Å². The summed E-state index contributed by atoms with van der Waals surface area (Å²) in [5.41, 5.74) is 2.71. The minimum atomic E-state index is -0.295. The van der Waals surface area contributed by atoms with Crippen molar-refractivity contribution in [3.8, 4) is 22.6 Å². The van der Waals surface area contributed by atoms with Gasteiger partial charge >= 0.3 is 0 Å². The molecule has 0 fully saturated rings. The Labute approximate surface area is 188 Å². The van der Waals surface area contributed by atoms with Gasteiger partial charge in [-0.25, -0.2) is 4.98 Å². The van der Waals surface area contributed by atoms with Gasteiger partial charge < -0.3 is 14.8 Å². The molecular weight excluding hydrogens is 426 g/mol. The maximum absolute atomic E-state index is 13.1. The molecule has 32 heavy (non-hydrogen) atoms. The van der Waals surface area contributed by atoms with E-state index in [0.717, 1.165) is 16.7 Å². The normalized spacial score (nSPS) is 15.0. The van der Waals surface area contributed by atoms with Crippen LogP contribution in [0.5, 0.6) is 11.5 Å². The summed E-state index contributed by atoms with van der Waals surface area (Å²) in [7, 11) is 0. The molecule has 1 unspecified atom stereocenters. The Kier molecular flexibility index (Phi) is 5.36. The highest BCUT2D eigenvalue weighted by atomic mass is 32.1. The molecule has 1 amide bonds. The summed E-state index contributed by atoms with van der Waals surface area (Å²) in [4.78, 5) is 30.7. The molecule has 7 nitrogen and oxygen atoms in total. The second kappa shape index (κ2) is 8.47. The van der Waals surface area contributed by atoms with Gasteiger partial charge in [0.1, 0.15) is 24.1 Å². The average molecular weight is 448 g/mol. The number of ether oxygens (including phenoxy) is 2. The first-order valence-corrected chi connectivity index (χ1v) is 11.2. The number of aromatic nitrogens is 2. The van der Waals surface area contributed by atoms with Gasteiger partial charge in [0.05, 0.1) is 18.3 Å². The van der Waals surface area contributed by atoms with E-state index in [9.17, 15) is 9.59 Å². The Bertz CT molecular complexity index is 1340. The molecule has 1 atom stereocenters. The Morgan fingerprint density at radius 1 is 1.19 bits per heavy atom. The summed E-state index contributed by atoms with van der Waals surface area (Å²) < 4.78 is 12.9. The SMILES string of the molecule is Cc1ccc(-c2csc3ncn(CC(=O)NCC4COc5ccccc5O4)c(=O)c23)cc1. The predicted octanol–water partition coefficient (Wildman–Crippen LogP) is 3.39. The highest BCUT2D eigenvalue weighted by Gasteiger charge is 2.21. The lowest BCUT2D eigenvalue weighted by molar-refractivity contribution is -0.122. The van der Waals surface area contributed by atoms with E-state index in [1.54, 1.807) is 0 Å². The number of amides is 1. The van der Waals surface area contributed by atoms with Crippen molar-refractivity contribution in [2.75, 3.05) is 13.2 Å². The molecule has 0 saturated heterocycles. The molecule has 2 aromatic heterocycles. The summed E-state index contributed by atoms with van der Waals surface area (Å²) in [5.74, 6) is 1.06. The lowest BCUT2D eigenvalue weighted by Gasteiger charge is -2.26. The van der Waals surface area contributed by atoms with Gasteiger partial charge in [0.15, 0.2) is 11.5 Å². The molecule has 8 heteroatoms. The molecule has 0 saturated carbocycles. The Hall–Kier alpha value is -3.65. The van der Waals surface area contributed by atoms with E-state index in [-0.39, 0.29) is 30.7 Å². The fourth-order valence-corrected chi connectivity index (χ4v) is 4.53. The Morgan fingerprint density at radius 3 is 2.78 bits per heavy atom. The van der Waals surface area contributed by atoms with Gasteiger partial charge in [-0.3, -0.25) is 14.2 Å². The monoisotopic (exact) mass is 447 g/mol. The van der Waals surface area contributed by atoms with Gasteiger partial charge in [-0.1, -0.05) is 42.0 Å². The number of benzene rings is 2. The summed E-state index contributed by atoms with van der Waals surface area (Å²) in [6.45, 7) is 2.53. The van der Waals surface area contributed by atoms with Crippen LogP contribution in [0.25, 0.3) is 21.3 Å². The highest BCUT2D eigenvalue weighted by Crippen LogP contribution is 2.31. The quantitative estimate of drug-likeness (QED) is 0.507. The van der Waals surface area contributed by atoms with Crippen LogP contribution in [0.15, 0.2) is 65.0 Å². The van der Waals surface area contributed by atoms with Gasteiger partial charge in [0.25, 0.3) is 5.56 Å². The number of nitrogens with zero attached hydrogens (tertiary/aromatic N) is 2. The molecule has 1 N–H and O–H groups in total. The zero-order valence-electron chi connectivity index (χ0n) is 17.4. The number of hydrogen-bond acceptors (Lipinski definition) is 6. The summed E-state index contributed by atoms with van der Waals surface area (Å²) in [5, 5.41) is 5.30. The summed E-state index contributed by atoms with van der Waals surface area (Å²) in [6.07, 6.45) is 1.13. The van der Waals surface area contributed by atoms with Crippen LogP contribution in [0.3, 0.4) is 0 Å². The molecule has 2 aromatic carbocycles. The highest BCUT2D eigenvalue weighted by molar-refractivity contribution is 7.17. The number of para-hydroxylation sites is 2. The number of carbonyl (C=O) groups is 1. The number of thiophene rings is 1. The van der Waals surface area contributed by atoms with Crippen molar-refractivity contribution in [3.63, 3.8) is 0 Å². The lowest BCUT2D eigenvalue weighted by atomic mass is 10.1. The molecule has 1 aliphatic rings. The number of carbonyl (C=O) groups excluding carboxylic acids is 1. The smallest absolute Gasteiger partial charge is 0.263 e. The Balaban J connectivity index is 1.29. The first kappa shape index (κ1) is 20.3.